The second-order valence-corrected chi connectivity index (χ2v) is 6.99. The Balaban J connectivity index is 1.77. The van der Waals surface area contributed by atoms with Crippen LogP contribution in [0.25, 0.3) is 0 Å². The predicted octanol–water partition coefficient (Wildman–Crippen LogP) is 1.41. The number of amides is 2. The van der Waals surface area contributed by atoms with Crippen LogP contribution in [0.1, 0.15) is 26.1 Å². The van der Waals surface area contributed by atoms with Crippen molar-refractivity contribution in [2.24, 2.45) is 0 Å². The van der Waals surface area contributed by atoms with E-state index < -0.39 is 0 Å². The molecule has 1 fully saturated rings. The Morgan fingerprint density at radius 2 is 2.13 bits per heavy atom. The van der Waals surface area contributed by atoms with Crippen molar-refractivity contribution in [2.75, 3.05) is 51.2 Å². The van der Waals surface area contributed by atoms with E-state index in [-0.39, 0.29) is 6.03 Å². The molecule has 2 rings (SSSR count). The Labute approximate surface area is 142 Å². The monoisotopic (exact) mass is 340 g/mol. The van der Waals surface area contributed by atoms with Crippen molar-refractivity contribution < 1.29 is 4.79 Å². The highest BCUT2D eigenvalue weighted by molar-refractivity contribution is 7.09. The first-order valence-corrected chi connectivity index (χ1v) is 9.03. The Morgan fingerprint density at radius 1 is 1.35 bits per heavy atom. The second kappa shape index (κ2) is 8.44. The molecule has 23 heavy (non-hydrogen) atoms. The molecule has 0 atom stereocenters. The van der Waals surface area contributed by atoms with Crippen molar-refractivity contribution in [3.8, 4) is 0 Å². The van der Waals surface area contributed by atoms with E-state index in [1.54, 1.807) is 0 Å². The minimum Gasteiger partial charge on any atom is -0.345 e. The smallest absolute Gasteiger partial charge is 0.317 e. The summed E-state index contributed by atoms with van der Waals surface area (Å²) in [7, 11) is 2.07. The standard InChI is InChI=1S/C15H28N6OS/c1-12(2)19(4)9-6-16-14(22)20-7-5-8-21(11-10-20)15-17-13(3)18-23-15/h12H,5-11H2,1-4H3,(H,16,22). The summed E-state index contributed by atoms with van der Waals surface area (Å²) in [5, 5.41) is 3.99. The van der Waals surface area contributed by atoms with E-state index in [2.05, 4.69) is 45.4 Å². The maximum Gasteiger partial charge on any atom is 0.317 e. The molecule has 0 radical (unpaired) electrons. The highest BCUT2D eigenvalue weighted by atomic mass is 32.1. The largest absolute Gasteiger partial charge is 0.345 e. The van der Waals surface area contributed by atoms with Gasteiger partial charge in [-0.25, -0.2) is 9.78 Å². The number of rotatable bonds is 5. The van der Waals surface area contributed by atoms with E-state index >= 15 is 0 Å². The fourth-order valence-corrected chi connectivity index (χ4v) is 3.16. The van der Waals surface area contributed by atoms with Crippen LogP contribution in [-0.2, 0) is 0 Å². The van der Waals surface area contributed by atoms with Gasteiger partial charge < -0.3 is 20.0 Å². The molecule has 0 saturated carbocycles. The zero-order chi connectivity index (χ0) is 16.8. The minimum absolute atomic E-state index is 0.0393. The molecule has 1 aliphatic rings. The van der Waals surface area contributed by atoms with Gasteiger partial charge in [0.1, 0.15) is 5.82 Å². The molecule has 1 N–H and O–H groups in total. The highest BCUT2D eigenvalue weighted by Gasteiger charge is 2.20. The lowest BCUT2D eigenvalue weighted by Gasteiger charge is -2.24. The number of likely N-dealkylation sites (N-methyl/N-ethyl adjacent to an activating group) is 1. The molecule has 7 nitrogen and oxygen atoms in total. The summed E-state index contributed by atoms with van der Waals surface area (Å²) in [6, 6.07) is 0.534. The van der Waals surface area contributed by atoms with E-state index in [9.17, 15) is 4.79 Å². The van der Waals surface area contributed by atoms with Crippen LogP contribution in [0.2, 0.25) is 0 Å². The third-order valence-electron chi connectivity index (χ3n) is 4.19. The van der Waals surface area contributed by atoms with Crippen molar-refractivity contribution in [1.82, 2.24) is 24.5 Å². The van der Waals surface area contributed by atoms with Crippen LogP contribution in [0.3, 0.4) is 0 Å². The lowest BCUT2D eigenvalue weighted by Crippen LogP contribution is -2.44. The normalized spacial score (nSPS) is 16.1. The Kier molecular flexibility index (Phi) is 6.59. The molecule has 0 aliphatic carbocycles. The maximum atomic E-state index is 12.3. The zero-order valence-electron chi connectivity index (χ0n) is 14.6. The third-order valence-corrected chi connectivity index (χ3v) is 5.06. The van der Waals surface area contributed by atoms with Gasteiger partial charge in [-0.1, -0.05) is 0 Å². The summed E-state index contributed by atoms with van der Waals surface area (Å²) in [5.41, 5.74) is 0. The van der Waals surface area contributed by atoms with E-state index in [0.717, 1.165) is 50.1 Å². The van der Waals surface area contributed by atoms with Crippen LogP contribution in [0.4, 0.5) is 9.93 Å². The first-order chi connectivity index (χ1) is 11.0. The van der Waals surface area contributed by atoms with E-state index in [4.69, 9.17) is 0 Å². The van der Waals surface area contributed by atoms with Crippen LogP contribution < -0.4 is 10.2 Å². The van der Waals surface area contributed by atoms with Gasteiger partial charge in [0, 0.05) is 56.8 Å². The summed E-state index contributed by atoms with van der Waals surface area (Å²) in [6.07, 6.45) is 0.956. The number of nitrogens with one attached hydrogen (secondary N) is 1. The number of urea groups is 1. The minimum atomic E-state index is 0.0393. The maximum absolute atomic E-state index is 12.3. The first kappa shape index (κ1) is 17.9. The lowest BCUT2D eigenvalue weighted by molar-refractivity contribution is 0.198. The van der Waals surface area contributed by atoms with Crippen molar-refractivity contribution in [3.63, 3.8) is 0 Å². The average molecular weight is 340 g/mol. The molecule has 0 bridgehead atoms. The molecular weight excluding hydrogens is 312 g/mol. The predicted molar refractivity (Wildman–Crippen MR) is 94.2 cm³/mol. The molecule has 8 heteroatoms. The van der Waals surface area contributed by atoms with Gasteiger partial charge in [-0.05, 0) is 34.2 Å². The van der Waals surface area contributed by atoms with Crippen LogP contribution in [-0.4, -0.2) is 77.5 Å². The summed E-state index contributed by atoms with van der Waals surface area (Å²) in [6.45, 7) is 11.0. The van der Waals surface area contributed by atoms with Gasteiger partial charge in [0.2, 0.25) is 5.13 Å². The molecule has 1 saturated heterocycles. The summed E-state index contributed by atoms with van der Waals surface area (Å²) >= 11 is 1.43. The molecule has 2 amide bonds. The lowest BCUT2D eigenvalue weighted by atomic mass is 10.3. The Morgan fingerprint density at radius 3 is 2.78 bits per heavy atom. The molecular formula is C15H28N6OS. The summed E-state index contributed by atoms with van der Waals surface area (Å²) < 4.78 is 4.24. The van der Waals surface area contributed by atoms with Gasteiger partial charge >= 0.3 is 6.03 Å². The quantitative estimate of drug-likeness (QED) is 0.878. The number of nitrogens with zero attached hydrogens (tertiary/aromatic N) is 5. The molecule has 0 spiro atoms. The SMILES string of the molecule is Cc1nsc(N2CCCN(C(=O)NCCN(C)C(C)C)CC2)n1. The fourth-order valence-electron chi connectivity index (χ4n) is 2.44. The van der Waals surface area contributed by atoms with Gasteiger partial charge in [0.25, 0.3) is 0 Å². The molecule has 130 valence electrons. The number of hydrogen-bond acceptors (Lipinski definition) is 6. The first-order valence-electron chi connectivity index (χ1n) is 8.25. The zero-order valence-corrected chi connectivity index (χ0v) is 15.4. The van der Waals surface area contributed by atoms with Crippen molar-refractivity contribution in [2.45, 2.75) is 33.2 Å². The number of aryl methyl sites for hydroxylation is 1. The average Bonchev–Trinajstić information content (AvgIpc) is 2.80. The Bertz CT molecular complexity index is 506. The molecule has 0 unspecified atom stereocenters. The molecule has 1 aromatic heterocycles. The number of hydrogen-bond donors (Lipinski definition) is 1. The second-order valence-electron chi connectivity index (χ2n) is 6.26. The van der Waals surface area contributed by atoms with Crippen molar-refractivity contribution in [3.05, 3.63) is 5.82 Å². The van der Waals surface area contributed by atoms with Crippen molar-refractivity contribution in [1.29, 1.82) is 0 Å². The number of carbonyl (C=O) groups excluding carboxylic acids is 1. The molecule has 1 aliphatic heterocycles. The van der Waals surface area contributed by atoms with Crippen LogP contribution >= 0.6 is 11.5 Å². The summed E-state index contributed by atoms with van der Waals surface area (Å²) in [5.74, 6) is 0.818. The number of anilines is 1. The van der Waals surface area contributed by atoms with Gasteiger partial charge in [-0.15, -0.1) is 0 Å². The summed E-state index contributed by atoms with van der Waals surface area (Å²) in [4.78, 5) is 23.1. The van der Waals surface area contributed by atoms with E-state index in [1.165, 1.54) is 11.5 Å². The molecule has 2 heterocycles. The topological polar surface area (TPSA) is 64.6 Å². The number of carbonyl (C=O) groups is 1. The number of aromatic nitrogens is 2. The van der Waals surface area contributed by atoms with Gasteiger partial charge in [-0.3, -0.25) is 0 Å². The van der Waals surface area contributed by atoms with Crippen LogP contribution in [0.15, 0.2) is 0 Å². The third kappa shape index (κ3) is 5.31. The van der Waals surface area contributed by atoms with Crippen LogP contribution in [0.5, 0.6) is 0 Å². The van der Waals surface area contributed by atoms with Gasteiger partial charge in [-0.2, -0.15) is 4.37 Å². The van der Waals surface area contributed by atoms with Gasteiger partial charge in [0.15, 0.2) is 0 Å². The fraction of sp³-hybridized carbons (Fsp3) is 0.800. The van der Waals surface area contributed by atoms with Crippen molar-refractivity contribution >= 4 is 22.7 Å². The van der Waals surface area contributed by atoms with Gasteiger partial charge in [0.05, 0.1) is 0 Å². The van der Waals surface area contributed by atoms with Crippen LogP contribution in [0, 0.1) is 6.92 Å². The Hall–Kier alpha value is -1.41. The molecule has 0 aromatic carbocycles. The molecule has 1 aromatic rings. The highest BCUT2D eigenvalue weighted by Crippen LogP contribution is 2.18. The van der Waals surface area contributed by atoms with E-state index in [1.807, 2.05) is 11.8 Å². The van der Waals surface area contributed by atoms with E-state index in [0.29, 0.717) is 12.6 Å².